The molecule has 1 N–H and O–H groups in total. The van der Waals surface area contributed by atoms with E-state index < -0.39 is 0 Å². The van der Waals surface area contributed by atoms with Crippen LogP contribution in [0.1, 0.15) is 51.8 Å². The molecule has 5 heteroatoms. The third kappa shape index (κ3) is 3.71. The van der Waals surface area contributed by atoms with E-state index >= 15 is 0 Å². The minimum atomic E-state index is -0.118. The van der Waals surface area contributed by atoms with Crippen LogP contribution in [0.3, 0.4) is 0 Å². The van der Waals surface area contributed by atoms with Crippen LogP contribution in [-0.4, -0.2) is 48.1 Å². The normalized spacial score (nSPS) is 24.1. The summed E-state index contributed by atoms with van der Waals surface area (Å²) in [6.45, 7) is 10.4. The molecule has 0 radical (unpaired) electrons. The van der Waals surface area contributed by atoms with Crippen LogP contribution in [0.4, 0.5) is 4.79 Å². The molecule has 0 aliphatic carbocycles. The second-order valence-electron chi connectivity index (χ2n) is 7.90. The van der Waals surface area contributed by atoms with Crippen molar-refractivity contribution in [2.24, 2.45) is 5.41 Å². The van der Waals surface area contributed by atoms with Gasteiger partial charge in [0, 0.05) is 25.7 Å². The summed E-state index contributed by atoms with van der Waals surface area (Å²) in [5, 5.41) is 3.21. The van der Waals surface area contributed by atoms with E-state index in [0.29, 0.717) is 6.04 Å². The van der Waals surface area contributed by atoms with Crippen LogP contribution in [0.2, 0.25) is 0 Å². The van der Waals surface area contributed by atoms with E-state index in [1.807, 2.05) is 17.0 Å². The number of carbonyl (C=O) groups excluding carboxylic acids is 1. The summed E-state index contributed by atoms with van der Waals surface area (Å²) < 4.78 is 5.56. The Kier molecular flexibility index (Phi) is 4.67. The van der Waals surface area contributed by atoms with Gasteiger partial charge >= 0.3 is 6.03 Å². The molecule has 2 saturated heterocycles. The van der Waals surface area contributed by atoms with Gasteiger partial charge in [0.2, 0.25) is 0 Å². The zero-order valence-corrected chi connectivity index (χ0v) is 14.5. The van der Waals surface area contributed by atoms with Crippen molar-refractivity contribution in [2.75, 3.05) is 26.2 Å². The van der Waals surface area contributed by atoms with Crippen molar-refractivity contribution in [3.8, 4) is 0 Å². The lowest BCUT2D eigenvalue weighted by atomic mass is 9.85. The lowest BCUT2D eigenvalue weighted by Gasteiger charge is -2.33. The summed E-state index contributed by atoms with van der Waals surface area (Å²) in [5.74, 6) is 0.822. The molecule has 23 heavy (non-hydrogen) atoms. The number of hydrogen-bond acceptors (Lipinski definition) is 3. The zero-order valence-electron chi connectivity index (χ0n) is 14.5. The molecule has 2 atom stereocenters. The quantitative estimate of drug-likeness (QED) is 0.910. The molecular weight excluding hydrogens is 290 g/mol. The second-order valence-corrected chi connectivity index (χ2v) is 7.90. The Labute approximate surface area is 139 Å². The molecule has 128 valence electrons. The van der Waals surface area contributed by atoms with Crippen molar-refractivity contribution >= 4 is 6.03 Å². The highest BCUT2D eigenvalue weighted by molar-refractivity contribution is 5.74. The maximum Gasteiger partial charge on any atom is 0.318 e. The summed E-state index contributed by atoms with van der Waals surface area (Å²) in [7, 11) is 0. The fraction of sp³-hybridized carbons (Fsp3) is 0.722. The zero-order chi connectivity index (χ0) is 16.4. The average Bonchev–Trinajstić information content (AvgIpc) is 3.11. The van der Waals surface area contributed by atoms with E-state index in [9.17, 15) is 4.79 Å². The summed E-state index contributed by atoms with van der Waals surface area (Å²) in [4.78, 5) is 17.4. The van der Waals surface area contributed by atoms with E-state index in [1.165, 1.54) is 19.4 Å². The van der Waals surface area contributed by atoms with Gasteiger partial charge in [-0.05, 0) is 43.4 Å². The predicted molar refractivity (Wildman–Crippen MR) is 90.2 cm³/mol. The van der Waals surface area contributed by atoms with Crippen LogP contribution in [0.5, 0.6) is 0 Å². The highest BCUT2D eigenvalue weighted by Gasteiger charge is 2.34. The van der Waals surface area contributed by atoms with Crippen LogP contribution >= 0.6 is 0 Å². The molecule has 2 amide bonds. The van der Waals surface area contributed by atoms with Gasteiger partial charge in [-0.25, -0.2) is 4.79 Å². The molecule has 2 aliphatic heterocycles. The standard InChI is InChI=1S/C18H29N3O2/c1-18(2,3)16(15-8-5-12-23-15)19-17(22)21-11-6-10-20-9-4-7-14(20)13-21/h5,8,12,14,16H,4,6-7,9-11,13H2,1-3H3,(H,19,22). The van der Waals surface area contributed by atoms with E-state index in [-0.39, 0.29) is 17.5 Å². The number of furan rings is 1. The first-order valence-corrected chi connectivity index (χ1v) is 8.78. The molecule has 3 heterocycles. The fourth-order valence-corrected chi connectivity index (χ4v) is 3.78. The third-order valence-electron chi connectivity index (χ3n) is 5.05. The number of nitrogens with zero attached hydrogens (tertiary/aromatic N) is 2. The maximum atomic E-state index is 12.8. The predicted octanol–water partition coefficient (Wildman–Crippen LogP) is 3.25. The van der Waals surface area contributed by atoms with Gasteiger partial charge in [0.25, 0.3) is 0 Å². The van der Waals surface area contributed by atoms with Gasteiger partial charge in [-0.3, -0.25) is 4.90 Å². The molecule has 2 unspecified atom stereocenters. The topological polar surface area (TPSA) is 48.7 Å². The van der Waals surface area contributed by atoms with Gasteiger partial charge in [-0.15, -0.1) is 0 Å². The number of fused-ring (bicyclic) bond motifs is 1. The first-order chi connectivity index (χ1) is 10.9. The summed E-state index contributed by atoms with van der Waals surface area (Å²) >= 11 is 0. The first kappa shape index (κ1) is 16.4. The number of rotatable bonds is 2. The van der Waals surface area contributed by atoms with Crippen molar-refractivity contribution in [2.45, 2.75) is 52.1 Å². The van der Waals surface area contributed by atoms with Crippen LogP contribution in [0.25, 0.3) is 0 Å². The SMILES string of the molecule is CC(C)(C)C(NC(=O)N1CCCN2CCCC2C1)c1ccco1. The van der Waals surface area contributed by atoms with Gasteiger partial charge in [0.15, 0.2) is 0 Å². The third-order valence-corrected chi connectivity index (χ3v) is 5.05. The Morgan fingerprint density at radius 2 is 2.09 bits per heavy atom. The maximum absolute atomic E-state index is 12.8. The minimum absolute atomic E-state index is 0.0371. The van der Waals surface area contributed by atoms with E-state index in [2.05, 4.69) is 31.0 Å². The Morgan fingerprint density at radius 1 is 1.30 bits per heavy atom. The molecule has 5 nitrogen and oxygen atoms in total. The first-order valence-electron chi connectivity index (χ1n) is 8.78. The molecule has 0 aromatic carbocycles. The largest absolute Gasteiger partial charge is 0.467 e. The summed E-state index contributed by atoms with van der Waals surface area (Å²) in [5.41, 5.74) is -0.0985. The fourth-order valence-electron chi connectivity index (χ4n) is 3.78. The van der Waals surface area contributed by atoms with Crippen LogP contribution < -0.4 is 5.32 Å². The number of carbonyl (C=O) groups is 1. The minimum Gasteiger partial charge on any atom is -0.467 e. The number of amides is 2. The van der Waals surface area contributed by atoms with Gasteiger partial charge in [0.05, 0.1) is 12.3 Å². The van der Waals surface area contributed by atoms with E-state index in [1.54, 1.807) is 6.26 Å². The second kappa shape index (κ2) is 6.56. The average molecular weight is 319 g/mol. The van der Waals surface area contributed by atoms with Crippen molar-refractivity contribution in [1.82, 2.24) is 15.1 Å². The van der Waals surface area contributed by atoms with Crippen molar-refractivity contribution in [3.63, 3.8) is 0 Å². The molecule has 1 aromatic rings. The number of hydrogen-bond donors (Lipinski definition) is 1. The number of urea groups is 1. The van der Waals surface area contributed by atoms with Crippen LogP contribution in [-0.2, 0) is 0 Å². The number of nitrogens with one attached hydrogen (secondary N) is 1. The lowest BCUT2D eigenvalue weighted by Crippen LogP contribution is -2.47. The molecule has 2 fully saturated rings. The molecule has 0 bridgehead atoms. The smallest absolute Gasteiger partial charge is 0.318 e. The highest BCUT2D eigenvalue weighted by atomic mass is 16.3. The van der Waals surface area contributed by atoms with Crippen molar-refractivity contribution < 1.29 is 9.21 Å². The Morgan fingerprint density at radius 3 is 2.78 bits per heavy atom. The lowest BCUT2D eigenvalue weighted by molar-refractivity contribution is 0.167. The van der Waals surface area contributed by atoms with Gasteiger partial charge in [0.1, 0.15) is 5.76 Å². The molecule has 0 saturated carbocycles. The summed E-state index contributed by atoms with van der Waals surface area (Å²) in [6, 6.07) is 4.28. The highest BCUT2D eigenvalue weighted by Crippen LogP contribution is 2.33. The van der Waals surface area contributed by atoms with Gasteiger partial charge in [-0.1, -0.05) is 20.8 Å². The summed E-state index contributed by atoms with van der Waals surface area (Å²) in [6.07, 6.45) is 5.20. The van der Waals surface area contributed by atoms with Crippen molar-refractivity contribution in [3.05, 3.63) is 24.2 Å². The van der Waals surface area contributed by atoms with Crippen LogP contribution in [0, 0.1) is 5.41 Å². The Balaban J connectivity index is 1.69. The Hall–Kier alpha value is -1.49. The molecule has 1 aromatic heterocycles. The van der Waals surface area contributed by atoms with E-state index in [4.69, 9.17) is 4.42 Å². The van der Waals surface area contributed by atoms with Gasteiger partial charge < -0.3 is 14.6 Å². The molecule has 3 rings (SSSR count). The van der Waals surface area contributed by atoms with Gasteiger partial charge in [-0.2, -0.15) is 0 Å². The van der Waals surface area contributed by atoms with E-state index in [0.717, 1.165) is 31.8 Å². The Bertz CT molecular complexity index is 521. The van der Waals surface area contributed by atoms with Crippen molar-refractivity contribution in [1.29, 1.82) is 0 Å². The molecule has 2 aliphatic rings. The van der Waals surface area contributed by atoms with Crippen LogP contribution in [0.15, 0.2) is 22.8 Å². The monoisotopic (exact) mass is 319 g/mol. The molecule has 0 spiro atoms. The molecular formula is C18H29N3O2.